The van der Waals surface area contributed by atoms with Crippen LogP contribution in [0.2, 0.25) is 0 Å². The van der Waals surface area contributed by atoms with Crippen molar-refractivity contribution in [3.05, 3.63) is 0 Å². The third-order valence-corrected chi connectivity index (χ3v) is 1.88. The number of ether oxygens (including phenoxy) is 1. The predicted octanol–water partition coefficient (Wildman–Crippen LogP) is 2.89. The minimum atomic E-state index is -5.42. The second-order valence-electron chi connectivity index (χ2n) is 3.39. The van der Waals surface area contributed by atoms with Crippen molar-refractivity contribution in [2.24, 2.45) is 0 Å². The number of halogens is 6. The average Bonchev–Trinajstić information content (AvgIpc) is 2.12. The molecule has 0 radical (unpaired) electrons. The minimum absolute atomic E-state index is 0.148. The molecule has 0 atom stereocenters. The van der Waals surface area contributed by atoms with Gasteiger partial charge in [-0.25, -0.2) is 0 Å². The molecule has 0 aromatic heterocycles. The van der Waals surface area contributed by atoms with Crippen molar-refractivity contribution in [2.75, 3.05) is 19.7 Å². The summed E-state index contributed by atoms with van der Waals surface area (Å²) in [6, 6.07) is 0. The standard InChI is InChI=1S/C9H15F6NO/c1-2-16-5-3-4-6-17-7(8(10,11)12)9(13,14)15/h7,16H,2-6H2,1H3. The number of unbranched alkanes of at least 4 members (excludes halogenated alkanes) is 1. The van der Waals surface area contributed by atoms with Crippen molar-refractivity contribution in [1.29, 1.82) is 0 Å². The van der Waals surface area contributed by atoms with Gasteiger partial charge in [0.05, 0.1) is 0 Å². The highest BCUT2D eigenvalue weighted by Crippen LogP contribution is 2.35. The summed E-state index contributed by atoms with van der Waals surface area (Å²) in [7, 11) is 0. The van der Waals surface area contributed by atoms with E-state index in [2.05, 4.69) is 10.1 Å². The Kier molecular flexibility index (Phi) is 6.84. The van der Waals surface area contributed by atoms with Gasteiger partial charge in [0.15, 0.2) is 0 Å². The van der Waals surface area contributed by atoms with E-state index in [0.717, 1.165) is 0 Å². The van der Waals surface area contributed by atoms with Gasteiger partial charge in [-0.05, 0) is 25.9 Å². The predicted molar refractivity (Wildman–Crippen MR) is 49.6 cm³/mol. The van der Waals surface area contributed by atoms with E-state index < -0.39 is 25.1 Å². The molecule has 0 spiro atoms. The number of nitrogens with one attached hydrogen (secondary N) is 1. The lowest BCUT2D eigenvalue weighted by molar-refractivity contribution is -0.321. The van der Waals surface area contributed by atoms with E-state index in [1.807, 2.05) is 6.92 Å². The van der Waals surface area contributed by atoms with E-state index in [0.29, 0.717) is 19.5 Å². The van der Waals surface area contributed by atoms with Crippen LogP contribution in [0.4, 0.5) is 26.3 Å². The first-order chi connectivity index (χ1) is 7.69. The molecule has 0 aliphatic carbocycles. The van der Waals surface area contributed by atoms with Gasteiger partial charge in [0.25, 0.3) is 0 Å². The summed E-state index contributed by atoms with van der Waals surface area (Å²) in [5, 5.41) is 2.90. The first-order valence-corrected chi connectivity index (χ1v) is 5.15. The number of rotatable bonds is 7. The lowest BCUT2D eigenvalue weighted by Gasteiger charge is -2.23. The summed E-state index contributed by atoms with van der Waals surface area (Å²) < 4.78 is 75.8. The summed E-state index contributed by atoms with van der Waals surface area (Å²) in [6.07, 6.45) is -13.9. The zero-order chi connectivity index (χ0) is 13.5. The van der Waals surface area contributed by atoms with E-state index in [1.165, 1.54) is 0 Å². The van der Waals surface area contributed by atoms with Crippen molar-refractivity contribution < 1.29 is 31.1 Å². The number of hydrogen-bond acceptors (Lipinski definition) is 2. The third-order valence-electron chi connectivity index (χ3n) is 1.88. The topological polar surface area (TPSA) is 21.3 Å². The van der Waals surface area contributed by atoms with Gasteiger partial charge in [-0.3, -0.25) is 0 Å². The summed E-state index contributed by atoms with van der Waals surface area (Å²) in [5.74, 6) is 0. The van der Waals surface area contributed by atoms with E-state index >= 15 is 0 Å². The second-order valence-corrected chi connectivity index (χ2v) is 3.39. The fourth-order valence-corrected chi connectivity index (χ4v) is 1.10. The van der Waals surface area contributed by atoms with Gasteiger partial charge in [0.2, 0.25) is 6.10 Å². The fraction of sp³-hybridized carbons (Fsp3) is 1.00. The van der Waals surface area contributed by atoms with Gasteiger partial charge in [-0.1, -0.05) is 6.92 Å². The van der Waals surface area contributed by atoms with Crippen LogP contribution < -0.4 is 5.32 Å². The zero-order valence-corrected chi connectivity index (χ0v) is 9.29. The Morgan fingerprint density at radius 2 is 1.53 bits per heavy atom. The maximum Gasteiger partial charge on any atom is 0.423 e. The van der Waals surface area contributed by atoms with Crippen molar-refractivity contribution in [1.82, 2.24) is 5.32 Å². The molecule has 0 saturated carbocycles. The quantitative estimate of drug-likeness (QED) is 0.565. The van der Waals surface area contributed by atoms with Crippen LogP contribution in [0, 0.1) is 0 Å². The SMILES string of the molecule is CCNCCCCOC(C(F)(F)F)C(F)(F)F. The number of alkyl halides is 6. The normalized spacial score (nSPS) is 13.4. The van der Waals surface area contributed by atoms with Crippen molar-refractivity contribution in [3.8, 4) is 0 Å². The van der Waals surface area contributed by atoms with Gasteiger partial charge < -0.3 is 10.1 Å². The van der Waals surface area contributed by atoms with Crippen molar-refractivity contribution in [2.45, 2.75) is 38.2 Å². The van der Waals surface area contributed by atoms with E-state index in [9.17, 15) is 26.3 Å². The molecule has 0 aliphatic heterocycles. The molecule has 0 aromatic carbocycles. The largest absolute Gasteiger partial charge is 0.423 e. The van der Waals surface area contributed by atoms with Crippen LogP contribution in [0.25, 0.3) is 0 Å². The Morgan fingerprint density at radius 3 is 1.94 bits per heavy atom. The molecule has 0 fully saturated rings. The first-order valence-electron chi connectivity index (χ1n) is 5.15. The molecular formula is C9H15F6NO. The van der Waals surface area contributed by atoms with Gasteiger partial charge in [-0.2, -0.15) is 26.3 Å². The number of hydrogen-bond donors (Lipinski definition) is 1. The van der Waals surface area contributed by atoms with E-state index in [1.54, 1.807) is 0 Å². The molecule has 1 N–H and O–H groups in total. The lowest BCUT2D eigenvalue weighted by atomic mass is 10.3. The van der Waals surface area contributed by atoms with Gasteiger partial charge in [-0.15, -0.1) is 0 Å². The van der Waals surface area contributed by atoms with Crippen LogP contribution in [0.3, 0.4) is 0 Å². The van der Waals surface area contributed by atoms with Gasteiger partial charge in [0, 0.05) is 6.61 Å². The van der Waals surface area contributed by atoms with E-state index in [4.69, 9.17) is 0 Å². The summed E-state index contributed by atoms with van der Waals surface area (Å²) >= 11 is 0. The fourth-order valence-electron chi connectivity index (χ4n) is 1.10. The Labute approximate surface area is 95.3 Å². The molecule has 0 aliphatic rings. The highest BCUT2D eigenvalue weighted by Gasteiger charge is 2.57. The smallest absolute Gasteiger partial charge is 0.361 e. The maximum atomic E-state index is 12.0. The molecule has 0 rings (SSSR count). The molecule has 8 heteroatoms. The Hall–Kier alpha value is -0.500. The van der Waals surface area contributed by atoms with Crippen LogP contribution in [-0.2, 0) is 4.74 Å². The van der Waals surface area contributed by atoms with Gasteiger partial charge >= 0.3 is 12.4 Å². The monoisotopic (exact) mass is 267 g/mol. The molecule has 0 amide bonds. The van der Waals surface area contributed by atoms with Crippen LogP contribution in [0.15, 0.2) is 0 Å². The lowest BCUT2D eigenvalue weighted by Crippen LogP contribution is -2.44. The molecule has 104 valence electrons. The van der Waals surface area contributed by atoms with Crippen molar-refractivity contribution >= 4 is 0 Å². The average molecular weight is 267 g/mol. The van der Waals surface area contributed by atoms with Crippen LogP contribution >= 0.6 is 0 Å². The molecule has 0 aromatic rings. The Morgan fingerprint density at radius 1 is 1.00 bits per heavy atom. The molecule has 0 unspecified atom stereocenters. The minimum Gasteiger partial charge on any atom is -0.361 e. The second kappa shape index (κ2) is 7.05. The molecule has 17 heavy (non-hydrogen) atoms. The molecule has 2 nitrogen and oxygen atoms in total. The van der Waals surface area contributed by atoms with E-state index in [-0.39, 0.29) is 6.42 Å². The Balaban J connectivity index is 3.95. The summed E-state index contributed by atoms with van der Waals surface area (Å²) in [6.45, 7) is 2.53. The van der Waals surface area contributed by atoms with Crippen LogP contribution in [0.1, 0.15) is 19.8 Å². The molecule has 0 saturated heterocycles. The Bertz CT molecular complexity index is 189. The maximum absolute atomic E-state index is 12.0. The third kappa shape index (κ3) is 7.43. The molecule has 0 heterocycles. The summed E-state index contributed by atoms with van der Waals surface area (Å²) in [5.41, 5.74) is 0. The molecular weight excluding hydrogens is 252 g/mol. The highest BCUT2D eigenvalue weighted by atomic mass is 19.4. The van der Waals surface area contributed by atoms with Crippen LogP contribution in [0.5, 0.6) is 0 Å². The van der Waals surface area contributed by atoms with Gasteiger partial charge in [0.1, 0.15) is 0 Å². The van der Waals surface area contributed by atoms with Crippen LogP contribution in [-0.4, -0.2) is 38.2 Å². The zero-order valence-electron chi connectivity index (χ0n) is 9.29. The summed E-state index contributed by atoms with van der Waals surface area (Å²) in [4.78, 5) is 0. The van der Waals surface area contributed by atoms with Crippen molar-refractivity contribution in [3.63, 3.8) is 0 Å². The molecule has 0 bridgehead atoms. The first kappa shape index (κ1) is 16.5. The highest BCUT2D eigenvalue weighted by molar-refractivity contribution is 4.75.